The Hall–Kier alpha value is -5.03. The van der Waals surface area contributed by atoms with E-state index in [-0.39, 0.29) is 72.0 Å². The van der Waals surface area contributed by atoms with Gasteiger partial charge in [0, 0.05) is 51.7 Å². The molecule has 13 atom stereocenters. The molecule has 1 amide bonds. The largest absolute Gasteiger partial charge is 0.514 e. The zero-order valence-electron chi connectivity index (χ0n) is 43.7. The first-order valence-electron chi connectivity index (χ1n) is 26.2. The highest BCUT2D eigenvalue weighted by molar-refractivity contribution is 6.38. The summed E-state index contributed by atoms with van der Waals surface area (Å²) in [6.07, 6.45) is 15.0. The molecular weight excluding hydrogens is 925 g/mol. The summed E-state index contributed by atoms with van der Waals surface area (Å²) in [5, 5.41) is 22.3. The molecule has 72 heavy (non-hydrogen) atoms. The lowest BCUT2D eigenvalue weighted by Crippen LogP contribution is -2.54. The number of esters is 1. The van der Waals surface area contributed by atoms with Crippen LogP contribution in [-0.4, -0.2) is 114 Å². The molecule has 398 valence electrons. The van der Waals surface area contributed by atoms with Crippen LogP contribution in [0.25, 0.3) is 0 Å². The number of nitro benzene ring substituents is 1. The molecule has 1 aliphatic carbocycles. The summed E-state index contributed by atoms with van der Waals surface area (Å²) in [5.41, 5.74) is 1.54. The average Bonchev–Trinajstić information content (AvgIpc) is 3.36. The third kappa shape index (κ3) is 17.3. The number of aliphatic hydroxyl groups excluding tert-OH is 1. The maximum absolute atomic E-state index is 14.5. The van der Waals surface area contributed by atoms with Crippen molar-refractivity contribution in [1.82, 2.24) is 4.90 Å². The molecule has 3 fully saturated rings. The Morgan fingerprint density at radius 2 is 1.60 bits per heavy atom. The Morgan fingerprint density at radius 1 is 0.847 bits per heavy atom. The van der Waals surface area contributed by atoms with Crippen molar-refractivity contribution in [1.29, 1.82) is 0 Å². The number of nitrogens with zero attached hydrogens (tertiary/aromatic N) is 2. The molecule has 1 saturated carbocycles. The highest BCUT2D eigenvalue weighted by Gasteiger charge is 2.42. The number of carbonyl (C=O) groups is 5. The quantitative estimate of drug-likeness (QED) is 0.0642. The van der Waals surface area contributed by atoms with Gasteiger partial charge in [0.25, 0.3) is 11.6 Å². The van der Waals surface area contributed by atoms with E-state index >= 15 is 0 Å². The Kier molecular flexibility index (Phi) is 22.8. The Balaban J connectivity index is 1.33. The summed E-state index contributed by atoms with van der Waals surface area (Å²) >= 11 is 0. The summed E-state index contributed by atoms with van der Waals surface area (Å²) in [6.45, 7) is 12.1. The van der Waals surface area contributed by atoms with Crippen molar-refractivity contribution in [3.8, 4) is 5.75 Å². The zero-order chi connectivity index (χ0) is 52.5. The second-order valence-electron chi connectivity index (χ2n) is 20.9. The maximum atomic E-state index is 14.5. The minimum Gasteiger partial charge on any atom is -0.461 e. The van der Waals surface area contributed by atoms with E-state index in [1.165, 1.54) is 29.2 Å². The molecule has 2 unspecified atom stereocenters. The number of non-ortho nitro benzene ring substituents is 1. The summed E-state index contributed by atoms with van der Waals surface area (Å²) in [6, 6.07) is 4.18. The summed E-state index contributed by atoms with van der Waals surface area (Å²) < 4.78 is 35.5. The predicted octanol–water partition coefficient (Wildman–Crippen LogP) is 9.94. The second kappa shape index (κ2) is 28.4. The molecule has 16 heteroatoms. The van der Waals surface area contributed by atoms with Crippen LogP contribution in [0.2, 0.25) is 0 Å². The molecule has 0 spiro atoms. The van der Waals surface area contributed by atoms with Gasteiger partial charge in [-0.05, 0) is 144 Å². The van der Waals surface area contributed by atoms with Crippen LogP contribution in [0.4, 0.5) is 10.5 Å². The Labute approximate surface area is 426 Å². The van der Waals surface area contributed by atoms with Crippen molar-refractivity contribution in [3.05, 3.63) is 82.0 Å². The lowest BCUT2D eigenvalue weighted by atomic mass is 9.78. The standard InChI is InChI=1S/C56H80N2O14/c1-35-15-10-9-11-16-37(3)51(67-7)33-44-17-14-19-50(69-44)53(61)54(62)57-28-13-12-18-45(57)55(63)71-48(26-20-36(2)30-39(5)47(60)34-46(59)38(4)29-35)40(6)31-41-21-27-49(52(32-41)68-8)72-56(64)70-43-24-22-42(23-25-43)58(65)66/h9-11,15-16,22-25,30,35-36,38,40-41,44-45,47-52,60H,12-14,17-21,26-29,31-34H2,1-8H3/b11-9+,15-10+,37-16+,39-30+/t35-,36+,38-,40-,41+,44?,45+,47+,48+,49-,50?,51+,52-/m1/s1. The molecular formula is C56H80N2O14. The van der Waals surface area contributed by atoms with Crippen molar-refractivity contribution in [2.75, 3.05) is 20.8 Å². The predicted molar refractivity (Wildman–Crippen MR) is 271 cm³/mol. The lowest BCUT2D eigenvalue weighted by Gasteiger charge is -2.38. The summed E-state index contributed by atoms with van der Waals surface area (Å²) in [4.78, 5) is 80.7. The van der Waals surface area contributed by atoms with Gasteiger partial charge in [0.15, 0.2) is 0 Å². The first kappa shape index (κ1) is 57.9. The van der Waals surface area contributed by atoms with Gasteiger partial charge in [-0.3, -0.25) is 24.5 Å². The molecule has 1 N–H and O–H groups in total. The van der Waals surface area contributed by atoms with E-state index < -0.39 is 65.3 Å². The van der Waals surface area contributed by atoms with E-state index in [4.69, 9.17) is 28.4 Å². The number of methoxy groups -OCH3 is 2. The number of Topliss-reactive ketones (excluding diaryl/α,β-unsaturated/α-hetero) is 2. The number of aliphatic hydroxyl groups is 1. The third-order valence-corrected chi connectivity index (χ3v) is 15.1. The van der Waals surface area contributed by atoms with Crippen molar-refractivity contribution in [2.45, 2.75) is 187 Å². The van der Waals surface area contributed by atoms with E-state index in [2.05, 4.69) is 13.0 Å². The van der Waals surface area contributed by atoms with Gasteiger partial charge in [-0.15, -0.1) is 0 Å². The fraction of sp³-hybridized carbons (Fsp3) is 0.661. The van der Waals surface area contributed by atoms with Crippen LogP contribution in [0.3, 0.4) is 0 Å². The van der Waals surface area contributed by atoms with Gasteiger partial charge in [0.05, 0.1) is 29.3 Å². The van der Waals surface area contributed by atoms with Gasteiger partial charge in [0.2, 0.25) is 5.78 Å². The van der Waals surface area contributed by atoms with Crippen LogP contribution in [0.15, 0.2) is 71.9 Å². The Morgan fingerprint density at radius 3 is 2.31 bits per heavy atom. The van der Waals surface area contributed by atoms with Gasteiger partial charge >= 0.3 is 12.1 Å². The van der Waals surface area contributed by atoms with Crippen molar-refractivity contribution >= 4 is 35.3 Å². The molecule has 2 bridgehead atoms. The van der Waals surface area contributed by atoms with Crippen molar-refractivity contribution in [3.63, 3.8) is 0 Å². The monoisotopic (exact) mass is 1000 g/mol. The van der Waals surface area contributed by atoms with Crippen LogP contribution in [0.5, 0.6) is 5.75 Å². The number of piperidine rings is 1. The van der Waals surface area contributed by atoms with Crippen LogP contribution >= 0.6 is 0 Å². The van der Waals surface area contributed by atoms with Crippen molar-refractivity contribution in [2.24, 2.45) is 29.6 Å². The number of ether oxygens (including phenoxy) is 6. The summed E-state index contributed by atoms with van der Waals surface area (Å²) in [7, 11) is 3.20. The zero-order valence-corrected chi connectivity index (χ0v) is 43.7. The lowest BCUT2D eigenvalue weighted by molar-refractivity contribution is -0.384. The number of hydrogen-bond acceptors (Lipinski definition) is 14. The molecule has 1 aromatic rings. The molecule has 2 saturated heterocycles. The first-order valence-corrected chi connectivity index (χ1v) is 26.2. The summed E-state index contributed by atoms with van der Waals surface area (Å²) in [5.74, 6) is -2.04. The van der Waals surface area contributed by atoms with E-state index in [1.54, 1.807) is 14.2 Å². The van der Waals surface area contributed by atoms with Crippen LogP contribution < -0.4 is 4.74 Å². The fourth-order valence-corrected chi connectivity index (χ4v) is 10.7. The number of carbonyl (C=O) groups excluding carboxylic acids is 5. The number of nitro groups is 1. The first-order chi connectivity index (χ1) is 34.4. The highest BCUT2D eigenvalue weighted by atomic mass is 16.7. The fourth-order valence-electron chi connectivity index (χ4n) is 10.7. The van der Waals surface area contributed by atoms with Gasteiger partial charge in [0.1, 0.15) is 35.9 Å². The minimum absolute atomic E-state index is 0.00341. The number of amides is 1. The molecule has 1 aromatic carbocycles. The number of ketones is 2. The van der Waals surface area contributed by atoms with E-state index in [0.29, 0.717) is 89.0 Å². The van der Waals surface area contributed by atoms with Gasteiger partial charge in [-0.1, -0.05) is 64.2 Å². The molecule has 3 heterocycles. The average molecular weight is 1010 g/mol. The van der Waals surface area contributed by atoms with E-state index in [1.807, 2.05) is 65.0 Å². The van der Waals surface area contributed by atoms with E-state index in [0.717, 1.165) is 12.0 Å². The molecule has 16 nitrogen and oxygen atoms in total. The number of cyclic esters (lactones) is 1. The SMILES string of the molecule is CO[C@H]1CC2CCCC(O2)C(=O)C(=O)N2CCCC[C@H]2C(=O)O[C@H]([C@H](C)C[C@@H]2CC[C@@H](OC(=O)Oc3ccc([N+](=O)[O-])cc3)[C@H](OC)C2)CC[C@H](C)/C=C(\C)[C@@H](O)CC(=O)[C@H](C)C[C@H](C)/C=C/C=C/C=C/1C. The Bertz CT molecular complexity index is 2120. The molecule has 4 aliphatic rings. The van der Waals surface area contributed by atoms with Crippen LogP contribution in [0, 0.1) is 39.7 Å². The van der Waals surface area contributed by atoms with Gasteiger partial charge in [-0.2, -0.15) is 0 Å². The normalized spacial score (nSPS) is 34.2. The molecule has 0 aromatic heterocycles. The molecule has 0 radical (unpaired) electrons. The number of benzene rings is 1. The number of allylic oxidation sites excluding steroid dienone is 6. The highest BCUT2D eigenvalue weighted by Crippen LogP contribution is 2.36. The maximum Gasteiger partial charge on any atom is 0.514 e. The van der Waals surface area contributed by atoms with Crippen molar-refractivity contribution < 1.29 is 62.4 Å². The van der Waals surface area contributed by atoms with Crippen LogP contribution in [-0.2, 0) is 42.9 Å². The number of hydrogen-bond donors (Lipinski definition) is 1. The van der Waals surface area contributed by atoms with E-state index in [9.17, 15) is 39.2 Å². The number of rotatable bonds is 8. The third-order valence-electron chi connectivity index (χ3n) is 15.1. The van der Waals surface area contributed by atoms with Crippen LogP contribution in [0.1, 0.15) is 138 Å². The molecule has 3 aliphatic heterocycles. The topological polar surface area (TPSA) is 207 Å². The van der Waals surface area contributed by atoms with Gasteiger partial charge in [-0.25, -0.2) is 9.59 Å². The molecule has 5 rings (SSSR count). The van der Waals surface area contributed by atoms with Gasteiger partial charge < -0.3 is 38.4 Å². The minimum atomic E-state index is -0.945. The smallest absolute Gasteiger partial charge is 0.461 e. The number of fused-ring (bicyclic) bond motifs is 3. The second-order valence-corrected chi connectivity index (χ2v) is 20.9.